The fraction of sp³-hybridized carbons (Fsp3) is 0.400. The van der Waals surface area contributed by atoms with Gasteiger partial charge in [-0.3, -0.25) is 14.6 Å². The Morgan fingerprint density at radius 3 is 2.44 bits per heavy atom. The summed E-state index contributed by atoms with van der Waals surface area (Å²) in [5, 5.41) is 0. The van der Waals surface area contributed by atoms with Gasteiger partial charge in [0.15, 0.2) is 0 Å². The van der Waals surface area contributed by atoms with Crippen LogP contribution in [0.25, 0.3) is 0 Å². The Hall–Kier alpha value is -2.64. The molecule has 27 heavy (non-hydrogen) atoms. The van der Waals surface area contributed by atoms with E-state index in [1.54, 1.807) is 37.6 Å². The SMILES string of the molecule is COC(=O)c1ccccc1N(C)C(=O)CN1CCN(Cc2ccco2)CC1. The summed E-state index contributed by atoms with van der Waals surface area (Å²) in [6.07, 6.45) is 1.69. The summed E-state index contributed by atoms with van der Waals surface area (Å²) in [6, 6.07) is 10.9. The van der Waals surface area contributed by atoms with Gasteiger partial charge in [-0.2, -0.15) is 0 Å². The second kappa shape index (κ2) is 8.83. The van der Waals surface area contributed by atoms with Crippen LogP contribution in [0.5, 0.6) is 0 Å². The van der Waals surface area contributed by atoms with Crippen LogP contribution in [0.15, 0.2) is 47.1 Å². The molecular formula is C20H25N3O4. The van der Waals surface area contributed by atoms with Crippen molar-refractivity contribution >= 4 is 17.6 Å². The third-order valence-electron chi connectivity index (χ3n) is 4.83. The molecule has 0 radical (unpaired) electrons. The molecule has 7 heteroatoms. The van der Waals surface area contributed by atoms with Crippen molar-refractivity contribution in [2.24, 2.45) is 0 Å². The average molecular weight is 371 g/mol. The van der Waals surface area contributed by atoms with E-state index in [-0.39, 0.29) is 5.91 Å². The number of nitrogens with zero attached hydrogens (tertiary/aromatic N) is 3. The number of amides is 1. The van der Waals surface area contributed by atoms with E-state index < -0.39 is 5.97 Å². The number of likely N-dealkylation sites (N-methyl/N-ethyl adjacent to an activating group) is 1. The van der Waals surface area contributed by atoms with E-state index in [1.807, 2.05) is 12.1 Å². The molecule has 0 atom stereocenters. The maximum Gasteiger partial charge on any atom is 0.339 e. The Morgan fingerprint density at radius 2 is 1.78 bits per heavy atom. The summed E-state index contributed by atoms with van der Waals surface area (Å²) in [5.74, 6) is 0.460. The second-order valence-electron chi connectivity index (χ2n) is 6.59. The molecule has 1 fully saturated rings. The van der Waals surface area contributed by atoms with Crippen LogP contribution >= 0.6 is 0 Å². The van der Waals surface area contributed by atoms with Crippen LogP contribution in [-0.4, -0.2) is 68.6 Å². The van der Waals surface area contributed by atoms with E-state index >= 15 is 0 Å². The monoisotopic (exact) mass is 371 g/mol. The first-order chi connectivity index (χ1) is 13.1. The van der Waals surface area contributed by atoms with E-state index in [0.717, 1.165) is 38.5 Å². The molecule has 1 aliphatic rings. The third kappa shape index (κ3) is 4.75. The summed E-state index contributed by atoms with van der Waals surface area (Å²) < 4.78 is 10.2. The number of anilines is 1. The topological polar surface area (TPSA) is 66.2 Å². The molecule has 1 saturated heterocycles. The first kappa shape index (κ1) is 19.1. The summed E-state index contributed by atoms with van der Waals surface area (Å²) in [5.41, 5.74) is 0.949. The van der Waals surface area contributed by atoms with Crippen LogP contribution in [0.1, 0.15) is 16.1 Å². The van der Waals surface area contributed by atoms with Gasteiger partial charge in [0.2, 0.25) is 5.91 Å². The summed E-state index contributed by atoms with van der Waals surface area (Å²) in [4.78, 5) is 30.6. The summed E-state index contributed by atoms with van der Waals surface area (Å²) in [6.45, 7) is 4.52. The highest BCUT2D eigenvalue weighted by Gasteiger charge is 2.23. The molecule has 1 aromatic carbocycles. The number of methoxy groups -OCH3 is 1. The van der Waals surface area contributed by atoms with Gasteiger partial charge >= 0.3 is 5.97 Å². The number of rotatable bonds is 6. The minimum Gasteiger partial charge on any atom is -0.468 e. The van der Waals surface area contributed by atoms with Crippen molar-refractivity contribution in [2.45, 2.75) is 6.54 Å². The van der Waals surface area contributed by atoms with Crippen molar-refractivity contribution < 1.29 is 18.7 Å². The van der Waals surface area contributed by atoms with Crippen LogP contribution in [0.2, 0.25) is 0 Å². The second-order valence-corrected chi connectivity index (χ2v) is 6.59. The van der Waals surface area contributed by atoms with Gasteiger partial charge in [-0.25, -0.2) is 4.79 Å². The van der Waals surface area contributed by atoms with E-state index in [0.29, 0.717) is 17.8 Å². The van der Waals surface area contributed by atoms with Gasteiger partial charge in [-0.1, -0.05) is 12.1 Å². The number of piperazine rings is 1. The first-order valence-electron chi connectivity index (χ1n) is 8.99. The molecule has 1 amide bonds. The van der Waals surface area contributed by atoms with E-state index in [1.165, 1.54) is 12.0 Å². The van der Waals surface area contributed by atoms with Crippen LogP contribution in [-0.2, 0) is 16.1 Å². The summed E-state index contributed by atoms with van der Waals surface area (Å²) >= 11 is 0. The van der Waals surface area contributed by atoms with E-state index in [9.17, 15) is 9.59 Å². The number of esters is 1. The Labute approximate surface area is 159 Å². The molecule has 7 nitrogen and oxygen atoms in total. The quantitative estimate of drug-likeness (QED) is 0.722. The van der Waals surface area contributed by atoms with Gasteiger partial charge in [0.1, 0.15) is 5.76 Å². The molecule has 2 heterocycles. The zero-order valence-corrected chi connectivity index (χ0v) is 15.8. The molecule has 0 saturated carbocycles. The van der Waals surface area contributed by atoms with Gasteiger partial charge in [0.05, 0.1) is 37.7 Å². The molecule has 144 valence electrons. The van der Waals surface area contributed by atoms with Crippen molar-refractivity contribution in [2.75, 3.05) is 51.8 Å². The van der Waals surface area contributed by atoms with Gasteiger partial charge < -0.3 is 14.1 Å². The average Bonchev–Trinajstić information content (AvgIpc) is 3.21. The molecule has 0 spiro atoms. The van der Waals surface area contributed by atoms with Crippen molar-refractivity contribution in [3.05, 3.63) is 54.0 Å². The predicted molar refractivity (Wildman–Crippen MR) is 102 cm³/mol. The molecule has 0 bridgehead atoms. The number of carbonyl (C=O) groups is 2. The lowest BCUT2D eigenvalue weighted by molar-refractivity contribution is -0.119. The zero-order valence-electron chi connectivity index (χ0n) is 15.8. The molecule has 0 aliphatic carbocycles. The van der Waals surface area contributed by atoms with Gasteiger partial charge in [-0.05, 0) is 24.3 Å². The molecule has 1 aromatic heterocycles. The molecule has 3 rings (SSSR count). The molecular weight excluding hydrogens is 346 g/mol. The van der Waals surface area contributed by atoms with Crippen molar-refractivity contribution in [1.29, 1.82) is 0 Å². The van der Waals surface area contributed by atoms with Gasteiger partial charge in [-0.15, -0.1) is 0 Å². The summed E-state index contributed by atoms with van der Waals surface area (Å²) in [7, 11) is 3.03. The lowest BCUT2D eigenvalue weighted by Gasteiger charge is -2.34. The predicted octanol–water partition coefficient (Wildman–Crippen LogP) is 1.85. The number of hydrogen-bond acceptors (Lipinski definition) is 6. The van der Waals surface area contributed by atoms with Crippen LogP contribution in [0.4, 0.5) is 5.69 Å². The molecule has 0 unspecified atom stereocenters. The minimum atomic E-state index is -0.447. The Morgan fingerprint density at radius 1 is 1.07 bits per heavy atom. The minimum absolute atomic E-state index is 0.0502. The van der Waals surface area contributed by atoms with Gasteiger partial charge in [0, 0.05) is 33.2 Å². The normalized spacial score (nSPS) is 15.5. The van der Waals surface area contributed by atoms with E-state index in [2.05, 4.69) is 9.80 Å². The zero-order chi connectivity index (χ0) is 19.2. The molecule has 2 aromatic rings. The Bertz CT molecular complexity index is 767. The Kier molecular flexibility index (Phi) is 6.26. The maximum atomic E-state index is 12.7. The van der Waals surface area contributed by atoms with Crippen molar-refractivity contribution in [3.8, 4) is 0 Å². The number of hydrogen-bond donors (Lipinski definition) is 0. The third-order valence-corrected chi connectivity index (χ3v) is 4.83. The highest BCUT2D eigenvalue weighted by molar-refractivity contribution is 6.02. The number of furan rings is 1. The standard InChI is InChI=1S/C20H25N3O4/c1-21(18-8-4-3-7-17(18)20(25)26-2)19(24)15-23-11-9-22(10-12-23)14-16-6-5-13-27-16/h3-8,13H,9-12,14-15H2,1-2H3. The molecule has 1 aliphatic heterocycles. The largest absolute Gasteiger partial charge is 0.468 e. The van der Waals surface area contributed by atoms with E-state index in [4.69, 9.17) is 9.15 Å². The van der Waals surface area contributed by atoms with Crippen LogP contribution in [0.3, 0.4) is 0 Å². The van der Waals surface area contributed by atoms with Gasteiger partial charge in [0.25, 0.3) is 0 Å². The number of ether oxygens (including phenoxy) is 1. The highest BCUT2D eigenvalue weighted by atomic mass is 16.5. The number of para-hydroxylation sites is 1. The van der Waals surface area contributed by atoms with Crippen LogP contribution < -0.4 is 4.90 Å². The number of carbonyl (C=O) groups excluding carboxylic acids is 2. The highest BCUT2D eigenvalue weighted by Crippen LogP contribution is 2.20. The van der Waals surface area contributed by atoms with Crippen molar-refractivity contribution in [3.63, 3.8) is 0 Å². The van der Waals surface area contributed by atoms with Crippen LogP contribution in [0, 0.1) is 0 Å². The maximum absolute atomic E-state index is 12.7. The molecule has 0 N–H and O–H groups in total. The smallest absolute Gasteiger partial charge is 0.339 e. The number of benzene rings is 1. The van der Waals surface area contributed by atoms with Crippen molar-refractivity contribution in [1.82, 2.24) is 9.80 Å². The fourth-order valence-electron chi connectivity index (χ4n) is 3.21. The lowest BCUT2D eigenvalue weighted by atomic mass is 10.1. The Balaban J connectivity index is 1.54. The lowest BCUT2D eigenvalue weighted by Crippen LogP contribution is -2.49. The first-order valence-corrected chi connectivity index (χ1v) is 8.99. The fourth-order valence-corrected chi connectivity index (χ4v) is 3.21.